The number of rotatable bonds is 2. The summed E-state index contributed by atoms with van der Waals surface area (Å²) < 4.78 is 17.3. The molecule has 1 atom stereocenters. The van der Waals surface area contributed by atoms with E-state index in [1.165, 1.54) is 31.4 Å². The number of hydrogen-bond acceptors (Lipinski definition) is 3. The molecule has 0 saturated carbocycles. The van der Waals surface area contributed by atoms with Crippen LogP contribution in [0.3, 0.4) is 0 Å². The number of amides is 2. The number of carbonyl (C=O) groups excluding carboxylic acids is 2. The Labute approximate surface area is 110 Å². The molecular formula is C13H15FN2O3. The van der Waals surface area contributed by atoms with Crippen molar-refractivity contribution in [3.63, 3.8) is 0 Å². The van der Waals surface area contributed by atoms with Crippen LogP contribution in [-0.2, 0) is 4.74 Å². The second-order valence-electron chi connectivity index (χ2n) is 4.38. The summed E-state index contributed by atoms with van der Waals surface area (Å²) in [5, 5.41) is 2.66. The standard InChI is InChI=1S/C13H15FN2O3/c1-19-13(18)15-11-6-7-16(8-11)12(17)9-2-4-10(14)5-3-9/h2-5,11H,6-8H2,1H3,(H,15,18). The Hall–Kier alpha value is -2.11. The lowest BCUT2D eigenvalue weighted by Gasteiger charge is -2.16. The van der Waals surface area contributed by atoms with Crippen molar-refractivity contribution >= 4 is 12.0 Å². The van der Waals surface area contributed by atoms with Crippen molar-refractivity contribution in [3.8, 4) is 0 Å². The average molecular weight is 266 g/mol. The smallest absolute Gasteiger partial charge is 0.407 e. The number of hydrogen-bond donors (Lipinski definition) is 1. The average Bonchev–Trinajstić information content (AvgIpc) is 2.87. The fourth-order valence-corrected chi connectivity index (χ4v) is 2.06. The number of nitrogens with zero attached hydrogens (tertiary/aromatic N) is 1. The largest absolute Gasteiger partial charge is 0.453 e. The third-order valence-corrected chi connectivity index (χ3v) is 3.07. The monoisotopic (exact) mass is 266 g/mol. The van der Waals surface area contributed by atoms with Crippen LogP contribution in [0.2, 0.25) is 0 Å². The van der Waals surface area contributed by atoms with E-state index in [0.717, 1.165) is 0 Å². The number of halogens is 1. The Morgan fingerprint density at radius 3 is 2.68 bits per heavy atom. The fraction of sp³-hybridized carbons (Fsp3) is 0.385. The Balaban J connectivity index is 1.95. The summed E-state index contributed by atoms with van der Waals surface area (Å²) in [6.45, 7) is 0.996. The number of nitrogens with one attached hydrogen (secondary N) is 1. The van der Waals surface area contributed by atoms with Gasteiger partial charge in [-0.2, -0.15) is 0 Å². The van der Waals surface area contributed by atoms with Gasteiger partial charge >= 0.3 is 6.09 Å². The van der Waals surface area contributed by atoms with Gasteiger partial charge < -0.3 is 15.0 Å². The van der Waals surface area contributed by atoms with Gasteiger partial charge in [0, 0.05) is 18.7 Å². The maximum atomic E-state index is 12.8. The second-order valence-corrected chi connectivity index (χ2v) is 4.38. The van der Waals surface area contributed by atoms with Crippen LogP contribution < -0.4 is 5.32 Å². The Bertz CT molecular complexity index is 475. The highest BCUT2D eigenvalue weighted by atomic mass is 19.1. The number of methoxy groups -OCH3 is 1. The first-order valence-electron chi connectivity index (χ1n) is 5.99. The van der Waals surface area contributed by atoms with E-state index in [1.807, 2.05) is 0 Å². The number of carbonyl (C=O) groups is 2. The lowest BCUT2D eigenvalue weighted by molar-refractivity contribution is 0.0788. The first kappa shape index (κ1) is 13.3. The molecular weight excluding hydrogens is 251 g/mol. The zero-order valence-electron chi connectivity index (χ0n) is 10.6. The summed E-state index contributed by atoms with van der Waals surface area (Å²) in [5.41, 5.74) is 0.445. The third kappa shape index (κ3) is 3.21. The molecule has 0 bridgehead atoms. The van der Waals surface area contributed by atoms with Gasteiger partial charge in [0.15, 0.2) is 0 Å². The molecule has 2 amide bonds. The first-order chi connectivity index (χ1) is 9.10. The Morgan fingerprint density at radius 1 is 1.37 bits per heavy atom. The van der Waals surface area contributed by atoms with Crippen molar-refractivity contribution in [3.05, 3.63) is 35.6 Å². The third-order valence-electron chi connectivity index (χ3n) is 3.07. The molecule has 1 N–H and O–H groups in total. The van der Waals surface area contributed by atoms with Crippen molar-refractivity contribution in [2.24, 2.45) is 0 Å². The molecule has 1 aliphatic heterocycles. The lowest BCUT2D eigenvalue weighted by atomic mass is 10.2. The van der Waals surface area contributed by atoms with E-state index in [4.69, 9.17) is 0 Å². The van der Waals surface area contributed by atoms with Crippen LogP contribution in [0.4, 0.5) is 9.18 Å². The topological polar surface area (TPSA) is 58.6 Å². The first-order valence-corrected chi connectivity index (χ1v) is 5.99. The normalized spacial score (nSPS) is 18.2. The quantitative estimate of drug-likeness (QED) is 0.880. The maximum absolute atomic E-state index is 12.8. The molecule has 19 heavy (non-hydrogen) atoms. The zero-order chi connectivity index (χ0) is 13.8. The predicted octanol–water partition coefficient (Wildman–Crippen LogP) is 1.40. The molecule has 1 fully saturated rings. The summed E-state index contributed by atoms with van der Waals surface area (Å²) in [6.07, 6.45) is 0.184. The van der Waals surface area contributed by atoms with Crippen molar-refractivity contribution in [2.75, 3.05) is 20.2 Å². The van der Waals surface area contributed by atoms with Crippen molar-refractivity contribution < 1.29 is 18.7 Å². The molecule has 0 aliphatic carbocycles. The van der Waals surface area contributed by atoms with Crippen LogP contribution in [0.25, 0.3) is 0 Å². The minimum Gasteiger partial charge on any atom is -0.453 e. The van der Waals surface area contributed by atoms with Gasteiger partial charge in [-0.25, -0.2) is 9.18 Å². The van der Waals surface area contributed by atoms with Crippen LogP contribution in [0.5, 0.6) is 0 Å². The predicted molar refractivity (Wildman–Crippen MR) is 66.2 cm³/mol. The van der Waals surface area contributed by atoms with Gasteiger partial charge in [-0.3, -0.25) is 4.79 Å². The van der Waals surface area contributed by atoms with Gasteiger partial charge in [-0.1, -0.05) is 0 Å². The molecule has 1 aromatic carbocycles. The van der Waals surface area contributed by atoms with Crippen molar-refractivity contribution in [2.45, 2.75) is 12.5 Å². The highest BCUT2D eigenvalue weighted by Gasteiger charge is 2.28. The molecule has 1 saturated heterocycles. The maximum Gasteiger partial charge on any atom is 0.407 e. The van der Waals surface area contributed by atoms with Crippen LogP contribution in [0, 0.1) is 5.82 Å². The summed E-state index contributed by atoms with van der Waals surface area (Å²) >= 11 is 0. The molecule has 0 spiro atoms. The number of likely N-dealkylation sites (tertiary alicyclic amines) is 1. The van der Waals surface area contributed by atoms with E-state index in [9.17, 15) is 14.0 Å². The molecule has 0 aromatic heterocycles. The zero-order valence-corrected chi connectivity index (χ0v) is 10.6. The Kier molecular flexibility index (Phi) is 3.99. The van der Waals surface area contributed by atoms with Crippen LogP contribution in [0.15, 0.2) is 24.3 Å². The van der Waals surface area contributed by atoms with Gasteiger partial charge in [-0.15, -0.1) is 0 Å². The van der Waals surface area contributed by atoms with Crippen molar-refractivity contribution in [1.82, 2.24) is 10.2 Å². The molecule has 2 rings (SSSR count). The molecule has 1 aliphatic rings. The lowest BCUT2D eigenvalue weighted by Crippen LogP contribution is -2.38. The number of alkyl carbamates (subject to hydrolysis) is 1. The van der Waals surface area contributed by atoms with E-state index in [1.54, 1.807) is 4.90 Å². The van der Waals surface area contributed by atoms with Crippen LogP contribution >= 0.6 is 0 Å². The summed E-state index contributed by atoms with van der Waals surface area (Å²) in [7, 11) is 1.30. The second kappa shape index (κ2) is 5.69. The molecule has 0 radical (unpaired) electrons. The Morgan fingerprint density at radius 2 is 2.05 bits per heavy atom. The molecule has 5 nitrogen and oxygen atoms in total. The van der Waals surface area contributed by atoms with E-state index in [0.29, 0.717) is 25.1 Å². The van der Waals surface area contributed by atoms with Gasteiger partial charge in [0.2, 0.25) is 0 Å². The van der Waals surface area contributed by atoms with Gasteiger partial charge in [0.05, 0.1) is 13.2 Å². The molecule has 1 heterocycles. The van der Waals surface area contributed by atoms with Crippen molar-refractivity contribution in [1.29, 1.82) is 0 Å². The minimum absolute atomic E-state index is 0.100. The van der Waals surface area contributed by atoms with Gasteiger partial charge in [0.1, 0.15) is 5.82 Å². The summed E-state index contributed by atoms with van der Waals surface area (Å²) in [4.78, 5) is 24.8. The number of benzene rings is 1. The number of ether oxygens (including phenoxy) is 1. The SMILES string of the molecule is COC(=O)NC1CCN(C(=O)c2ccc(F)cc2)C1. The molecule has 1 aromatic rings. The van der Waals surface area contributed by atoms with Crippen LogP contribution in [-0.4, -0.2) is 43.1 Å². The van der Waals surface area contributed by atoms with Gasteiger partial charge in [0.25, 0.3) is 5.91 Å². The van der Waals surface area contributed by atoms with E-state index >= 15 is 0 Å². The molecule has 6 heteroatoms. The summed E-state index contributed by atoms with van der Waals surface area (Å²) in [5.74, 6) is -0.530. The minimum atomic E-state index is -0.499. The highest BCUT2D eigenvalue weighted by molar-refractivity contribution is 5.94. The van der Waals surface area contributed by atoms with E-state index in [-0.39, 0.29) is 17.8 Å². The van der Waals surface area contributed by atoms with E-state index < -0.39 is 6.09 Å². The fourth-order valence-electron chi connectivity index (χ4n) is 2.06. The molecule has 102 valence electrons. The molecule has 1 unspecified atom stereocenters. The van der Waals surface area contributed by atoms with E-state index in [2.05, 4.69) is 10.1 Å². The van der Waals surface area contributed by atoms with Gasteiger partial charge in [-0.05, 0) is 30.7 Å². The van der Waals surface area contributed by atoms with Crippen LogP contribution in [0.1, 0.15) is 16.8 Å². The highest BCUT2D eigenvalue weighted by Crippen LogP contribution is 2.14. The summed E-state index contributed by atoms with van der Waals surface area (Å²) in [6, 6.07) is 5.33.